The summed E-state index contributed by atoms with van der Waals surface area (Å²) in [5.41, 5.74) is 0.796. The fraction of sp³-hybridized carbons (Fsp3) is 0.421. The molecule has 26 heavy (non-hydrogen) atoms. The van der Waals surface area contributed by atoms with E-state index < -0.39 is 0 Å². The minimum absolute atomic E-state index is 0.0440. The summed E-state index contributed by atoms with van der Waals surface area (Å²) >= 11 is 0. The predicted molar refractivity (Wildman–Crippen MR) is 99.3 cm³/mol. The maximum atomic E-state index is 12.5. The number of rotatable bonds is 5. The molecule has 0 saturated carbocycles. The first kappa shape index (κ1) is 16.8. The van der Waals surface area contributed by atoms with Crippen LogP contribution >= 0.6 is 0 Å². The van der Waals surface area contributed by atoms with Crippen LogP contribution in [-0.4, -0.2) is 48.4 Å². The van der Waals surface area contributed by atoms with E-state index >= 15 is 0 Å². The monoisotopic (exact) mass is 353 g/mol. The fourth-order valence-electron chi connectivity index (χ4n) is 3.43. The zero-order valence-electron chi connectivity index (χ0n) is 14.6. The number of hydrogen-bond acceptors (Lipinski definition) is 6. The average molecular weight is 353 g/mol. The third kappa shape index (κ3) is 3.94. The molecule has 2 unspecified atom stereocenters. The first-order valence-corrected chi connectivity index (χ1v) is 9.09. The van der Waals surface area contributed by atoms with Crippen molar-refractivity contribution < 1.29 is 9.53 Å². The molecule has 4 rings (SSSR count). The third-order valence-electron chi connectivity index (χ3n) is 4.88. The Morgan fingerprint density at radius 3 is 2.85 bits per heavy atom. The maximum Gasteiger partial charge on any atom is 0.229 e. The molecule has 3 heterocycles. The molecular formula is C19H23N5O2. The zero-order chi connectivity index (χ0) is 17.8. The van der Waals surface area contributed by atoms with Gasteiger partial charge < -0.3 is 20.3 Å². The number of hydrogen-bond donors (Lipinski definition) is 2. The van der Waals surface area contributed by atoms with Gasteiger partial charge in [0, 0.05) is 31.5 Å². The van der Waals surface area contributed by atoms with Crippen molar-refractivity contribution in [1.29, 1.82) is 0 Å². The zero-order valence-corrected chi connectivity index (χ0v) is 14.6. The summed E-state index contributed by atoms with van der Waals surface area (Å²) in [4.78, 5) is 14.6. The minimum Gasteiger partial charge on any atom is -0.489 e. The van der Waals surface area contributed by atoms with Gasteiger partial charge in [-0.05, 0) is 55.8 Å². The highest BCUT2D eigenvalue weighted by atomic mass is 16.5. The van der Waals surface area contributed by atoms with Gasteiger partial charge in [-0.2, -0.15) is 5.10 Å². The molecule has 2 N–H and O–H groups in total. The fourth-order valence-corrected chi connectivity index (χ4v) is 3.43. The van der Waals surface area contributed by atoms with Crippen LogP contribution in [0.2, 0.25) is 0 Å². The van der Waals surface area contributed by atoms with Gasteiger partial charge in [-0.15, -0.1) is 5.10 Å². The van der Waals surface area contributed by atoms with E-state index in [0.29, 0.717) is 6.54 Å². The highest BCUT2D eigenvalue weighted by Crippen LogP contribution is 2.24. The van der Waals surface area contributed by atoms with E-state index in [4.69, 9.17) is 4.74 Å². The van der Waals surface area contributed by atoms with Crippen LogP contribution < -0.4 is 20.3 Å². The summed E-state index contributed by atoms with van der Waals surface area (Å²) in [7, 11) is 0. The first-order valence-electron chi connectivity index (χ1n) is 9.09. The van der Waals surface area contributed by atoms with Crippen molar-refractivity contribution in [2.75, 3.05) is 36.4 Å². The molecule has 136 valence electrons. The van der Waals surface area contributed by atoms with E-state index in [-0.39, 0.29) is 17.9 Å². The van der Waals surface area contributed by atoms with Crippen LogP contribution in [-0.2, 0) is 4.79 Å². The largest absolute Gasteiger partial charge is 0.489 e. The lowest BCUT2D eigenvalue weighted by Gasteiger charge is -2.16. The van der Waals surface area contributed by atoms with E-state index in [0.717, 1.165) is 49.7 Å². The van der Waals surface area contributed by atoms with Gasteiger partial charge in [0.05, 0.1) is 5.92 Å². The molecule has 0 spiro atoms. The standard InChI is InChI=1S/C19H23N5O2/c25-19(14-8-11-24(13-14)18-2-1-9-21-23-18)22-15-3-5-16(6-4-15)26-17-7-10-20-12-17/h1-6,9,14,17,20H,7-8,10-13H2,(H,22,25). The molecule has 1 amide bonds. The Morgan fingerprint density at radius 2 is 2.12 bits per heavy atom. The van der Waals surface area contributed by atoms with Gasteiger partial charge in [0.15, 0.2) is 5.82 Å². The van der Waals surface area contributed by atoms with Gasteiger partial charge in [-0.3, -0.25) is 4.79 Å². The smallest absolute Gasteiger partial charge is 0.229 e. The summed E-state index contributed by atoms with van der Waals surface area (Å²) in [5, 5.41) is 14.3. The Morgan fingerprint density at radius 1 is 1.23 bits per heavy atom. The quantitative estimate of drug-likeness (QED) is 0.851. The molecule has 2 atom stereocenters. The predicted octanol–water partition coefficient (Wildman–Crippen LogP) is 1.68. The number of anilines is 2. The normalized spacial score (nSPS) is 22.4. The molecule has 1 aromatic carbocycles. The van der Waals surface area contributed by atoms with Gasteiger partial charge >= 0.3 is 0 Å². The van der Waals surface area contributed by atoms with Crippen molar-refractivity contribution in [2.24, 2.45) is 5.92 Å². The van der Waals surface area contributed by atoms with Gasteiger partial charge in [-0.1, -0.05) is 0 Å². The SMILES string of the molecule is O=C(Nc1ccc(OC2CCNC2)cc1)C1CCN(c2cccnn2)C1. The summed E-state index contributed by atoms with van der Waals surface area (Å²) in [6, 6.07) is 11.4. The lowest BCUT2D eigenvalue weighted by molar-refractivity contribution is -0.119. The second-order valence-corrected chi connectivity index (χ2v) is 6.76. The van der Waals surface area contributed by atoms with Gasteiger partial charge in [-0.25, -0.2) is 0 Å². The van der Waals surface area contributed by atoms with Crippen LogP contribution in [0.5, 0.6) is 5.75 Å². The minimum atomic E-state index is -0.0440. The molecule has 2 saturated heterocycles. The lowest BCUT2D eigenvalue weighted by atomic mass is 10.1. The Labute approximate surface area is 152 Å². The molecule has 2 aliphatic heterocycles. The van der Waals surface area contributed by atoms with E-state index in [1.165, 1.54) is 0 Å². The number of ether oxygens (including phenoxy) is 1. The number of nitrogens with one attached hydrogen (secondary N) is 2. The number of carbonyl (C=O) groups excluding carboxylic acids is 1. The Bertz CT molecular complexity index is 731. The average Bonchev–Trinajstić information content (AvgIpc) is 3.36. The van der Waals surface area contributed by atoms with Crippen LogP contribution in [0.4, 0.5) is 11.5 Å². The van der Waals surface area contributed by atoms with E-state index in [2.05, 4.69) is 25.7 Å². The lowest BCUT2D eigenvalue weighted by Crippen LogP contribution is -2.27. The highest BCUT2D eigenvalue weighted by Gasteiger charge is 2.29. The highest BCUT2D eigenvalue weighted by molar-refractivity contribution is 5.93. The maximum absolute atomic E-state index is 12.5. The second kappa shape index (κ2) is 7.70. The van der Waals surface area contributed by atoms with Crippen molar-refractivity contribution >= 4 is 17.4 Å². The molecule has 2 aromatic rings. The molecule has 1 aromatic heterocycles. The van der Waals surface area contributed by atoms with Crippen LogP contribution in [0, 0.1) is 5.92 Å². The van der Waals surface area contributed by atoms with Gasteiger partial charge in [0.25, 0.3) is 0 Å². The number of aromatic nitrogens is 2. The van der Waals surface area contributed by atoms with Crippen molar-refractivity contribution in [1.82, 2.24) is 15.5 Å². The molecule has 2 aliphatic rings. The number of benzene rings is 1. The Balaban J connectivity index is 1.30. The van der Waals surface area contributed by atoms with Crippen molar-refractivity contribution in [2.45, 2.75) is 18.9 Å². The number of nitrogens with zero attached hydrogens (tertiary/aromatic N) is 3. The van der Waals surface area contributed by atoms with E-state index in [1.807, 2.05) is 36.4 Å². The third-order valence-corrected chi connectivity index (χ3v) is 4.88. The molecular weight excluding hydrogens is 330 g/mol. The van der Waals surface area contributed by atoms with Crippen LogP contribution in [0.15, 0.2) is 42.6 Å². The summed E-state index contributed by atoms with van der Waals surface area (Å²) < 4.78 is 5.90. The number of amides is 1. The second-order valence-electron chi connectivity index (χ2n) is 6.76. The molecule has 7 nitrogen and oxygen atoms in total. The van der Waals surface area contributed by atoms with E-state index in [1.54, 1.807) is 6.20 Å². The molecule has 0 bridgehead atoms. The molecule has 7 heteroatoms. The summed E-state index contributed by atoms with van der Waals surface area (Å²) in [6.07, 6.45) is 3.74. The van der Waals surface area contributed by atoms with E-state index in [9.17, 15) is 4.79 Å². The summed E-state index contributed by atoms with van der Waals surface area (Å²) in [6.45, 7) is 3.38. The van der Waals surface area contributed by atoms with Gasteiger partial charge in [0.2, 0.25) is 5.91 Å². The van der Waals surface area contributed by atoms with Crippen molar-refractivity contribution in [3.8, 4) is 5.75 Å². The van der Waals surface area contributed by atoms with Crippen molar-refractivity contribution in [3.05, 3.63) is 42.6 Å². The van der Waals surface area contributed by atoms with Crippen LogP contribution in [0.1, 0.15) is 12.8 Å². The molecule has 0 radical (unpaired) electrons. The first-order chi connectivity index (χ1) is 12.8. The molecule has 0 aliphatic carbocycles. The Kier molecular flexibility index (Phi) is 4.97. The Hall–Kier alpha value is -2.67. The molecule has 2 fully saturated rings. The number of carbonyl (C=O) groups is 1. The summed E-state index contributed by atoms with van der Waals surface area (Å²) in [5.74, 6) is 1.67. The van der Waals surface area contributed by atoms with Gasteiger partial charge in [0.1, 0.15) is 11.9 Å². The van der Waals surface area contributed by atoms with Crippen LogP contribution in [0.25, 0.3) is 0 Å². The van der Waals surface area contributed by atoms with Crippen molar-refractivity contribution in [3.63, 3.8) is 0 Å². The topological polar surface area (TPSA) is 79.4 Å². The van der Waals surface area contributed by atoms with Crippen LogP contribution in [0.3, 0.4) is 0 Å².